The molecule has 0 aliphatic carbocycles. The van der Waals surface area contributed by atoms with Gasteiger partial charge < -0.3 is 14.9 Å². The quantitative estimate of drug-likeness (QED) is 0.240. The van der Waals surface area contributed by atoms with Crippen molar-refractivity contribution in [1.82, 2.24) is 0 Å². The minimum absolute atomic E-state index is 0.506. The Labute approximate surface area is 151 Å². The van der Waals surface area contributed by atoms with Crippen molar-refractivity contribution in [2.24, 2.45) is 0 Å². The number of methoxy groups -OCH3 is 1. The third-order valence-electron chi connectivity index (χ3n) is 3.80. The van der Waals surface area contributed by atoms with Gasteiger partial charge in [0.2, 0.25) is 0 Å². The van der Waals surface area contributed by atoms with E-state index in [0.29, 0.717) is 6.42 Å². The second-order valence-corrected chi connectivity index (χ2v) is 6.29. The van der Waals surface area contributed by atoms with E-state index in [4.69, 9.17) is 9.90 Å². The van der Waals surface area contributed by atoms with Crippen LogP contribution in [0.4, 0.5) is 4.79 Å². The summed E-state index contributed by atoms with van der Waals surface area (Å²) in [6.45, 7) is 2.25. The third-order valence-corrected chi connectivity index (χ3v) is 3.80. The Balaban J connectivity index is 0. The Hall–Kier alpha value is -0.810. The van der Waals surface area contributed by atoms with E-state index in [9.17, 15) is 9.90 Å². The molecule has 0 radical (unpaired) electrons. The molecule has 0 rings (SSSR count). The Kier molecular flexibility index (Phi) is 21.4. The zero-order chi connectivity index (χ0) is 18.6. The second kappa shape index (κ2) is 20.2. The van der Waals surface area contributed by atoms with Crippen molar-refractivity contribution in [2.75, 3.05) is 7.11 Å². The van der Waals surface area contributed by atoms with Gasteiger partial charge in [0.05, 0.1) is 7.11 Å². The van der Waals surface area contributed by atoms with Gasteiger partial charge in [-0.3, -0.25) is 0 Å². The van der Waals surface area contributed by atoms with Crippen molar-refractivity contribution in [1.29, 1.82) is 0 Å². The first-order valence-electron chi connectivity index (χ1n) is 9.10. The minimum atomic E-state index is -1.36. The van der Waals surface area contributed by atoms with E-state index in [0.717, 1.165) is 12.8 Å². The Morgan fingerprint density at radius 1 is 0.875 bits per heavy atom. The number of esters is 1. The molecule has 0 aromatic heterocycles. The molecule has 0 saturated carbocycles. The molecule has 144 valence electrons. The number of carbonyl (C=O) groups excluding carboxylic acids is 1. The average Bonchev–Trinajstić information content (AvgIpc) is 2.54. The number of halogens is 1. The number of hydrogen-bond acceptors (Lipinski definition) is 4. The van der Waals surface area contributed by atoms with E-state index >= 15 is 0 Å². The SMILES string of the molecule is CCCCCCCCCCCCCCC(O)C(=O)OC.O=C(O)Cl. The molecule has 0 heterocycles. The van der Waals surface area contributed by atoms with Crippen LogP contribution in [0.25, 0.3) is 0 Å². The lowest BCUT2D eigenvalue weighted by Gasteiger charge is -2.07. The summed E-state index contributed by atoms with van der Waals surface area (Å²) in [7, 11) is 1.31. The van der Waals surface area contributed by atoms with Crippen LogP contribution in [-0.4, -0.2) is 34.8 Å². The van der Waals surface area contributed by atoms with Gasteiger partial charge in [-0.05, 0) is 6.42 Å². The van der Waals surface area contributed by atoms with Crippen LogP contribution in [0.2, 0.25) is 0 Å². The second-order valence-electron chi connectivity index (χ2n) is 5.97. The van der Waals surface area contributed by atoms with Gasteiger partial charge >= 0.3 is 11.4 Å². The van der Waals surface area contributed by atoms with E-state index in [-0.39, 0.29) is 0 Å². The summed E-state index contributed by atoms with van der Waals surface area (Å²) in [5.41, 5.74) is -1.36. The highest BCUT2D eigenvalue weighted by molar-refractivity contribution is 6.60. The molecule has 0 aliphatic heterocycles. The van der Waals surface area contributed by atoms with Crippen LogP contribution in [0, 0.1) is 0 Å². The summed E-state index contributed by atoms with van der Waals surface area (Å²) in [6.07, 6.45) is 15.1. The van der Waals surface area contributed by atoms with Gasteiger partial charge in [-0.2, -0.15) is 0 Å². The standard InChI is InChI=1S/C17H34O3.CHClO2/c1-3-4-5-6-7-8-9-10-11-12-13-14-15-16(18)17(19)20-2;2-1(3)4/h16,18H,3-15H2,1-2H3;(H,3,4). The molecule has 0 amide bonds. The van der Waals surface area contributed by atoms with Gasteiger partial charge in [0.25, 0.3) is 0 Å². The molecule has 2 N–H and O–H groups in total. The van der Waals surface area contributed by atoms with Crippen molar-refractivity contribution in [3.8, 4) is 0 Å². The summed E-state index contributed by atoms with van der Waals surface area (Å²) in [5, 5.41) is 16.6. The summed E-state index contributed by atoms with van der Waals surface area (Å²) in [5.74, 6) is -0.506. The Morgan fingerprint density at radius 3 is 1.54 bits per heavy atom. The monoisotopic (exact) mass is 366 g/mol. The zero-order valence-electron chi connectivity index (χ0n) is 15.3. The van der Waals surface area contributed by atoms with Gasteiger partial charge in [0, 0.05) is 11.6 Å². The molecule has 0 saturated heterocycles. The lowest BCUT2D eigenvalue weighted by Crippen LogP contribution is -2.21. The fraction of sp³-hybridized carbons (Fsp3) is 0.889. The van der Waals surface area contributed by atoms with Gasteiger partial charge in [0.1, 0.15) is 0 Å². The topological polar surface area (TPSA) is 83.8 Å². The van der Waals surface area contributed by atoms with Gasteiger partial charge in [-0.15, -0.1) is 0 Å². The molecule has 5 nitrogen and oxygen atoms in total. The van der Waals surface area contributed by atoms with Crippen LogP contribution in [0.5, 0.6) is 0 Å². The first-order chi connectivity index (χ1) is 11.5. The van der Waals surface area contributed by atoms with Crippen LogP contribution in [-0.2, 0) is 9.53 Å². The van der Waals surface area contributed by atoms with E-state index in [1.807, 2.05) is 0 Å². The van der Waals surface area contributed by atoms with Crippen molar-refractivity contribution >= 4 is 23.0 Å². The Morgan fingerprint density at radius 2 is 1.21 bits per heavy atom. The maximum absolute atomic E-state index is 11.0. The van der Waals surface area contributed by atoms with Gasteiger partial charge in [-0.1, -0.05) is 84.0 Å². The molecular formula is C18H35ClO5. The number of ether oxygens (including phenoxy) is 1. The largest absolute Gasteiger partial charge is 0.469 e. The van der Waals surface area contributed by atoms with Gasteiger partial charge in [-0.25, -0.2) is 9.59 Å². The molecular weight excluding hydrogens is 332 g/mol. The summed E-state index contributed by atoms with van der Waals surface area (Å²) in [4.78, 5) is 19.7. The van der Waals surface area contributed by atoms with E-state index < -0.39 is 17.5 Å². The number of carboxylic acid groups (broad SMARTS) is 1. The minimum Gasteiger partial charge on any atom is -0.469 e. The predicted octanol–water partition coefficient (Wildman–Crippen LogP) is 5.51. The van der Waals surface area contributed by atoms with Gasteiger partial charge in [0.15, 0.2) is 6.10 Å². The fourth-order valence-corrected chi connectivity index (χ4v) is 2.43. The molecule has 0 aliphatic rings. The molecule has 0 bridgehead atoms. The molecule has 1 unspecified atom stereocenters. The highest BCUT2D eigenvalue weighted by Crippen LogP contribution is 2.13. The number of unbranched alkanes of at least 4 members (excludes halogenated alkanes) is 11. The van der Waals surface area contributed by atoms with Crippen LogP contribution in [0.15, 0.2) is 0 Å². The van der Waals surface area contributed by atoms with Crippen LogP contribution in [0.3, 0.4) is 0 Å². The molecule has 1 atom stereocenters. The first kappa shape index (κ1) is 25.4. The summed E-state index contributed by atoms with van der Waals surface area (Å²) in [6, 6.07) is 0. The number of hydrogen-bond donors (Lipinski definition) is 2. The van der Waals surface area contributed by atoms with Crippen molar-refractivity contribution in [2.45, 2.75) is 96.5 Å². The number of aliphatic hydroxyl groups is 1. The Bertz CT molecular complexity index is 293. The van der Waals surface area contributed by atoms with E-state index in [1.165, 1.54) is 71.3 Å². The highest BCUT2D eigenvalue weighted by Gasteiger charge is 2.13. The summed E-state index contributed by atoms with van der Waals surface area (Å²) < 4.78 is 4.48. The molecule has 24 heavy (non-hydrogen) atoms. The molecule has 0 spiro atoms. The number of rotatable bonds is 14. The molecule has 6 heteroatoms. The maximum atomic E-state index is 11.0. The average molecular weight is 367 g/mol. The normalized spacial score (nSPS) is 11.3. The third kappa shape index (κ3) is 23.5. The van der Waals surface area contributed by atoms with Crippen LogP contribution < -0.4 is 0 Å². The molecule has 0 aromatic carbocycles. The van der Waals surface area contributed by atoms with Crippen LogP contribution in [0.1, 0.15) is 90.4 Å². The zero-order valence-corrected chi connectivity index (χ0v) is 16.0. The van der Waals surface area contributed by atoms with Crippen molar-refractivity contribution < 1.29 is 24.5 Å². The summed E-state index contributed by atoms with van der Waals surface area (Å²) >= 11 is 4.19. The number of carbonyl (C=O) groups is 2. The smallest absolute Gasteiger partial charge is 0.401 e. The van der Waals surface area contributed by atoms with Crippen molar-refractivity contribution in [3.63, 3.8) is 0 Å². The maximum Gasteiger partial charge on any atom is 0.401 e. The fourth-order valence-electron chi connectivity index (χ4n) is 2.43. The van der Waals surface area contributed by atoms with E-state index in [2.05, 4.69) is 23.3 Å². The van der Waals surface area contributed by atoms with E-state index in [1.54, 1.807) is 0 Å². The molecule has 0 fully saturated rings. The highest BCUT2D eigenvalue weighted by atomic mass is 35.5. The van der Waals surface area contributed by atoms with Crippen LogP contribution >= 0.6 is 11.6 Å². The first-order valence-corrected chi connectivity index (χ1v) is 9.47. The lowest BCUT2D eigenvalue weighted by atomic mass is 10.0. The lowest BCUT2D eigenvalue weighted by molar-refractivity contribution is -0.150. The van der Waals surface area contributed by atoms with Crippen molar-refractivity contribution in [3.05, 3.63) is 0 Å². The predicted molar refractivity (Wildman–Crippen MR) is 97.6 cm³/mol. The molecule has 0 aromatic rings. The number of aliphatic hydroxyl groups excluding tert-OH is 1.